The summed E-state index contributed by atoms with van der Waals surface area (Å²) in [6.45, 7) is 7.48. The Hall–Kier alpha value is -2.30. The van der Waals surface area contributed by atoms with E-state index in [0.29, 0.717) is 25.6 Å². The molecular weight excluding hydrogens is 252 g/mol. The molecule has 0 fully saturated rings. The van der Waals surface area contributed by atoms with E-state index in [1.54, 1.807) is 0 Å². The smallest absolute Gasteiger partial charge is 0.251 e. The van der Waals surface area contributed by atoms with Gasteiger partial charge < -0.3 is 16.4 Å². The Morgan fingerprint density at radius 3 is 3.10 bits per heavy atom. The van der Waals surface area contributed by atoms with Crippen molar-refractivity contribution in [1.29, 1.82) is 0 Å². The maximum Gasteiger partial charge on any atom is 0.251 e. The van der Waals surface area contributed by atoms with Crippen molar-refractivity contribution in [3.63, 3.8) is 0 Å². The van der Waals surface area contributed by atoms with Crippen LogP contribution >= 0.6 is 0 Å². The maximum absolute atomic E-state index is 11.8. The third-order valence-corrected chi connectivity index (χ3v) is 3.10. The number of fused-ring (bicyclic) bond motifs is 1. The number of carbonyl (C=O) groups is 1. The summed E-state index contributed by atoms with van der Waals surface area (Å²) < 4.78 is 0. The lowest BCUT2D eigenvalue weighted by Gasteiger charge is -2.16. The number of nitrogens with zero attached hydrogens (tertiary/aromatic N) is 1. The topological polar surface area (TPSA) is 79.5 Å². The Labute approximate surface area is 119 Å². The molecule has 0 aromatic heterocycles. The van der Waals surface area contributed by atoms with Gasteiger partial charge in [-0.15, -0.1) is 0 Å². The molecule has 1 aromatic carbocycles. The maximum atomic E-state index is 11.8. The molecule has 20 heavy (non-hydrogen) atoms. The second-order valence-corrected chi connectivity index (χ2v) is 5.01. The van der Waals surface area contributed by atoms with Gasteiger partial charge in [0, 0.05) is 18.7 Å². The van der Waals surface area contributed by atoms with Gasteiger partial charge in [-0.3, -0.25) is 4.79 Å². The number of amides is 1. The van der Waals surface area contributed by atoms with Crippen LogP contribution in [0.15, 0.2) is 35.3 Å². The molecule has 0 aliphatic carbocycles. The highest BCUT2D eigenvalue weighted by molar-refractivity contribution is 5.96. The zero-order valence-corrected chi connectivity index (χ0v) is 11.7. The predicted octanol–water partition coefficient (Wildman–Crippen LogP) is 0.953. The lowest BCUT2D eigenvalue weighted by molar-refractivity contribution is 0.0946. The Balaban J connectivity index is 2.03. The Morgan fingerprint density at radius 2 is 2.35 bits per heavy atom. The summed E-state index contributed by atoms with van der Waals surface area (Å²) in [7, 11) is 0. The predicted molar refractivity (Wildman–Crippen MR) is 80.6 cm³/mol. The van der Waals surface area contributed by atoms with E-state index in [1.807, 2.05) is 25.1 Å². The van der Waals surface area contributed by atoms with Crippen molar-refractivity contribution in [3.05, 3.63) is 47.0 Å². The normalized spacial score (nSPS) is 14.4. The Kier molecular flexibility index (Phi) is 4.40. The number of aliphatic imine (C=N–C) groups is 1. The molecule has 1 heterocycles. The molecule has 1 aliphatic heterocycles. The minimum absolute atomic E-state index is 0.00883. The molecule has 0 spiro atoms. The van der Waals surface area contributed by atoms with E-state index in [4.69, 9.17) is 5.73 Å². The van der Waals surface area contributed by atoms with E-state index < -0.39 is 0 Å². The molecule has 1 aliphatic rings. The van der Waals surface area contributed by atoms with E-state index >= 15 is 0 Å². The lowest BCUT2D eigenvalue weighted by atomic mass is 9.98. The summed E-state index contributed by atoms with van der Waals surface area (Å²) in [4.78, 5) is 16.0. The van der Waals surface area contributed by atoms with Gasteiger partial charge in [0.2, 0.25) is 0 Å². The van der Waals surface area contributed by atoms with Crippen LogP contribution in [0, 0.1) is 0 Å². The van der Waals surface area contributed by atoms with Gasteiger partial charge in [0.15, 0.2) is 5.96 Å². The van der Waals surface area contributed by atoms with Crippen molar-refractivity contribution in [3.8, 4) is 0 Å². The van der Waals surface area contributed by atoms with E-state index in [0.717, 1.165) is 28.7 Å². The highest BCUT2D eigenvalue weighted by Crippen LogP contribution is 2.16. The van der Waals surface area contributed by atoms with Crippen LogP contribution < -0.4 is 16.4 Å². The molecule has 0 saturated carbocycles. The van der Waals surface area contributed by atoms with Crippen LogP contribution in [0.1, 0.15) is 28.4 Å². The van der Waals surface area contributed by atoms with Crippen molar-refractivity contribution in [2.75, 3.05) is 13.1 Å². The standard InChI is InChI=1S/C15H20N4O/c1-10(2)8-18-15(16)19-9-11-3-4-12-5-6-17-14(20)13(12)7-11/h3-4,7H,1,5-6,8-9H2,2H3,(H,17,20)(H3,16,18,19). The van der Waals surface area contributed by atoms with E-state index in [1.165, 1.54) is 0 Å². The number of hydrogen-bond donors (Lipinski definition) is 3. The van der Waals surface area contributed by atoms with E-state index in [2.05, 4.69) is 22.2 Å². The fourth-order valence-corrected chi connectivity index (χ4v) is 2.03. The molecule has 106 valence electrons. The van der Waals surface area contributed by atoms with Gasteiger partial charge in [-0.25, -0.2) is 4.99 Å². The first kappa shape index (κ1) is 14.1. The van der Waals surface area contributed by atoms with Crippen molar-refractivity contribution in [1.82, 2.24) is 10.6 Å². The molecular formula is C15H20N4O. The van der Waals surface area contributed by atoms with Crippen molar-refractivity contribution in [2.45, 2.75) is 19.9 Å². The first-order valence-corrected chi connectivity index (χ1v) is 6.64. The number of benzene rings is 1. The van der Waals surface area contributed by atoms with Crippen LogP contribution in [0.4, 0.5) is 0 Å². The molecule has 0 saturated heterocycles. The van der Waals surface area contributed by atoms with Crippen LogP contribution in [-0.4, -0.2) is 25.0 Å². The average molecular weight is 272 g/mol. The summed E-state index contributed by atoms with van der Waals surface area (Å²) in [6, 6.07) is 5.88. The SMILES string of the molecule is C=C(C)CNC(N)=NCc1ccc2c(c1)C(=O)NCC2. The number of hydrogen-bond acceptors (Lipinski definition) is 2. The lowest BCUT2D eigenvalue weighted by Crippen LogP contribution is -2.33. The van der Waals surface area contributed by atoms with Crippen LogP contribution in [0.2, 0.25) is 0 Å². The van der Waals surface area contributed by atoms with Gasteiger partial charge in [0.25, 0.3) is 5.91 Å². The zero-order valence-electron chi connectivity index (χ0n) is 11.7. The van der Waals surface area contributed by atoms with Crippen LogP contribution in [0.3, 0.4) is 0 Å². The van der Waals surface area contributed by atoms with Crippen molar-refractivity contribution in [2.24, 2.45) is 10.7 Å². The number of guanidine groups is 1. The van der Waals surface area contributed by atoms with Gasteiger partial charge in [-0.1, -0.05) is 24.3 Å². The molecule has 1 aromatic rings. The summed E-state index contributed by atoms with van der Waals surface area (Å²) in [6.07, 6.45) is 0.882. The zero-order chi connectivity index (χ0) is 14.5. The number of carbonyl (C=O) groups excluding carboxylic acids is 1. The summed E-state index contributed by atoms with van der Waals surface area (Å²) >= 11 is 0. The highest BCUT2D eigenvalue weighted by Gasteiger charge is 2.16. The second kappa shape index (κ2) is 6.23. The minimum Gasteiger partial charge on any atom is -0.370 e. The molecule has 5 heteroatoms. The van der Waals surface area contributed by atoms with Gasteiger partial charge in [-0.05, 0) is 30.5 Å². The molecule has 0 unspecified atom stereocenters. The molecule has 0 atom stereocenters. The number of rotatable bonds is 4. The van der Waals surface area contributed by atoms with Crippen LogP contribution in [0.25, 0.3) is 0 Å². The first-order chi connectivity index (χ1) is 9.56. The Morgan fingerprint density at radius 1 is 1.55 bits per heavy atom. The van der Waals surface area contributed by atoms with Crippen molar-refractivity contribution >= 4 is 11.9 Å². The second-order valence-electron chi connectivity index (χ2n) is 5.01. The van der Waals surface area contributed by atoms with Crippen molar-refractivity contribution < 1.29 is 4.79 Å². The summed E-state index contributed by atoms with van der Waals surface area (Å²) in [5, 5.41) is 5.81. The van der Waals surface area contributed by atoms with E-state index in [9.17, 15) is 4.79 Å². The monoisotopic (exact) mass is 272 g/mol. The number of nitrogens with two attached hydrogens (primary N) is 1. The fourth-order valence-electron chi connectivity index (χ4n) is 2.03. The van der Waals surface area contributed by atoms with Crippen LogP contribution in [-0.2, 0) is 13.0 Å². The van der Waals surface area contributed by atoms with Gasteiger partial charge >= 0.3 is 0 Å². The molecule has 0 radical (unpaired) electrons. The third-order valence-electron chi connectivity index (χ3n) is 3.10. The Bertz CT molecular complexity index is 563. The molecule has 4 N–H and O–H groups in total. The fraction of sp³-hybridized carbons (Fsp3) is 0.333. The highest BCUT2D eigenvalue weighted by atomic mass is 16.1. The summed E-state index contributed by atoms with van der Waals surface area (Å²) in [5.74, 6) is 0.376. The van der Waals surface area contributed by atoms with Gasteiger partial charge in [0.05, 0.1) is 6.54 Å². The van der Waals surface area contributed by atoms with Gasteiger partial charge in [0.1, 0.15) is 0 Å². The summed E-state index contributed by atoms with van der Waals surface area (Å²) in [5.41, 5.74) is 9.56. The average Bonchev–Trinajstić information content (AvgIpc) is 2.43. The van der Waals surface area contributed by atoms with Gasteiger partial charge in [-0.2, -0.15) is 0 Å². The first-order valence-electron chi connectivity index (χ1n) is 6.64. The van der Waals surface area contributed by atoms with E-state index in [-0.39, 0.29) is 5.91 Å². The third kappa shape index (κ3) is 3.60. The quantitative estimate of drug-likeness (QED) is 0.434. The largest absolute Gasteiger partial charge is 0.370 e. The molecule has 1 amide bonds. The number of nitrogens with one attached hydrogen (secondary N) is 2. The minimum atomic E-state index is -0.00883. The molecule has 0 bridgehead atoms. The molecule has 2 rings (SSSR count). The van der Waals surface area contributed by atoms with Crippen LogP contribution in [0.5, 0.6) is 0 Å². The molecule has 5 nitrogen and oxygen atoms in total.